The van der Waals surface area contributed by atoms with Crippen LogP contribution in [-0.2, 0) is 4.79 Å². The summed E-state index contributed by atoms with van der Waals surface area (Å²) in [5, 5.41) is 0.967. The third kappa shape index (κ3) is 4.83. The molecule has 5 nitrogen and oxygen atoms in total. The summed E-state index contributed by atoms with van der Waals surface area (Å²) in [6.45, 7) is 4.76. The molecule has 0 aliphatic carbocycles. The zero-order valence-electron chi connectivity index (χ0n) is 16.0. The molecule has 1 aliphatic heterocycles. The highest BCUT2D eigenvalue weighted by Gasteiger charge is 2.28. The van der Waals surface area contributed by atoms with Crippen LogP contribution in [0.25, 0.3) is 0 Å². The standard InChI is InChI=1S/C21H24Cl2N2O3/c1-3-19(28-20-14-15(22)4-9-18(20)23)21(26)25-12-10-24(11-13-25)16-5-7-17(27-2)8-6-16/h4-9,14,19H,3,10-13H2,1-2H3/t19-/m1/s1. The van der Waals surface area contributed by atoms with Gasteiger partial charge in [0, 0.05) is 43.0 Å². The average molecular weight is 423 g/mol. The maximum absolute atomic E-state index is 12.9. The molecule has 0 spiro atoms. The molecule has 1 aliphatic rings. The predicted molar refractivity (Wildman–Crippen MR) is 113 cm³/mol. The summed E-state index contributed by atoms with van der Waals surface area (Å²) in [6, 6.07) is 13.0. The summed E-state index contributed by atoms with van der Waals surface area (Å²) < 4.78 is 11.1. The number of piperazine rings is 1. The number of amides is 1. The minimum absolute atomic E-state index is 0.0204. The number of nitrogens with zero attached hydrogens (tertiary/aromatic N) is 2. The van der Waals surface area contributed by atoms with Crippen molar-refractivity contribution in [3.05, 3.63) is 52.5 Å². The molecule has 150 valence electrons. The number of rotatable bonds is 6. The highest BCUT2D eigenvalue weighted by molar-refractivity contribution is 6.34. The van der Waals surface area contributed by atoms with E-state index < -0.39 is 6.10 Å². The van der Waals surface area contributed by atoms with Crippen molar-refractivity contribution < 1.29 is 14.3 Å². The maximum atomic E-state index is 12.9. The van der Waals surface area contributed by atoms with Crippen LogP contribution in [0.15, 0.2) is 42.5 Å². The van der Waals surface area contributed by atoms with E-state index in [2.05, 4.69) is 4.90 Å². The molecule has 0 radical (unpaired) electrons. The number of ether oxygens (including phenoxy) is 2. The summed E-state index contributed by atoms with van der Waals surface area (Å²) in [4.78, 5) is 17.1. The van der Waals surface area contributed by atoms with E-state index >= 15 is 0 Å². The van der Waals surface area contributed by atoms with E-state index in [1.807, 2.05) is 36.1 Å². The van der Waals surface area contributed by atoms with E-state index in [1.54, 1.807) is 25.3 Å². The number of hydrogen-bond donors (Lipinski definition) is 0. The van der Waals surface area contributed by atoms with Crippen molar-refractivity contribution in [2.24, 2.45) is 0 Å². The molecule has 2 aromatic rings. The first-order chi connectivity index (χ1) is 13.5. The molecule has 1 atom stereocenters. The Bertz CT molecular complexity index is 806. The molecule has 1 fully saturated rings. The topological polar surface area (TPSA) is 42.0 Å². The van der Waals surface area contributed by atoms with Crippen molar-refractivity contribution in [1.82, 2.24) is 4.90 Å². The summed E-state index contributed by atoms with van der Waals surface area (Å²) in [7, 11) is 1.65. The Balaban J connectivity index is 1.60. The quantitative estimate of drug-likeness (QED) is 0.686. The lowest BCUT2D eigenvalue weighted by Gasteiger charge is -2.37. The summed E-state index contributed by atoms with van der Waals surface area (Å²) in [5.41, 5.74) is 1.13. The lowest BCUT2D eigenvalue weighted by molar-refractivity contribution is -0.139. The van der Waals surface area contributed by atoms with Crippen LogP contribution in [0.1, 0.15) is 13.3 Å². The fourth-order valence-corrected chi connectivity index (χ4v) is 3.54. The van der Waals surface area contributed by atoms with E-state index in [9.17, 15) is 4.79 Å². The average Bonchev–Trinajstić information content (AvgIpc) is 2.74. The first kappa shape index (κ1) is 20.6. The molecule has 3 rings (SSSR count). The van der Waals surface area contributed by atoms with Crippen molar-refractivity contribution in [3.63, 3.8) is 0 Å². The van der Waals surface area contributed by atoms with Gasteiger partial charge in [-0.2, -0.15) is 0 Å². The minimum Gasteiger partial charge on any atom is -0.497 e. The number of carbonyl (C=O) groups excluding carboxylic acids is 1. The molecule has 0 saturated carbocycles. The normalized spacial score (nSPS) is 15.3. The summed E-state index contributed by atoms with van der Waals surface area (Å²) >= 11 is 12.2. The van der Waals surface area contributed by atoms with E-state index in [0.29, 0.717) is 35.3 Å². The molecule has 0 bridgehead atoms. The van der Waals surface area contributed by atoms with Crippen molar-refractivity contribution >= 4 is 34.8 Å². The van der Waals surface area contributed by atoms with E-state index in [-0.39, 0.29) is 5.91 Å². The van der Waals surface area contributed by atoms with Crippen molar-refractivity contribution in [1.29, 1.82) is 0 Å². The molecule has 1 saturated heterocycles. The Labute approximate surface area is 175 Å². The van der Waals surface area contributed by atoms with E-state index in [0.717, 1.165) is 24.5 Å². The van der Waals surface area contributed by atoms with Crippen molar-refractivity contribution in [3.8, 4) is 11.5 Å². The van der Waals surface area contributed by atoms with E-state index in [1.165, 1.54) is 0 Å². The first-order valence-electron chi connectivity index (χ1n) is 9.31. The predicted octanol–water partition coefficient (Wildman–Crippen LogP) is 4.51. The van der Waals surface area contributed by atoms with Crippen LogP contribution in [0.3, 0.4) is 0 Å². The maximum Gasteiger partial charge on any atom is 0.263 e. The third-order valence-corrected chi connectivity index (χ3v) is 5.38. The van der Waals surface area contributed by atoms with Gasteiger partial charge in [0.15, 0.2) is 6.10 Å². The highest BCUT2D eigenvalue weighted by atomic mass is 35.5. The highest BCUT2D eigenvalue weighted by Crippen LogP contribution is 2.29. The molecule has 28 heavy (non-hydrogen) atoms. The summed E-state index contributed by atoms with van der Waals surface area (Å²) in [5.74, 6) is 1.25. The Morgan fingerprint density at radius 2 is 1.75 bits per heavy atom. The Morgan fingerprint density at radius 3 is 2.36 bits per heavy atom. The molecular weight excluding hydrogens is 399 g/mol. The van der Waals surface area contributed by atoms with Crippen molar-refractivity contribution in [2.75, 3.05) is 38.2 Å². The number of carbonyl (C=O) groups is 1. The van der Waals surface area contributed by atoms with Crippen LogP contribution in [0.2, 0.25) is 10.0 Å². The van der Waals surface area contributed by atoms with Gasteiger partial charge >= 0.3 is 0 Å². The van der Waals surface area contributed by atoms with Crippen LogP contribution in [0.5, 0.6) is 11.5 Å². The zero-order chi connectivity index (χ0) is 20.1. The van der Waals surface area contributed by atoms with Crippen LogP contribution in [0, 0.1) is 0 Å². The second-order valence-corrected chi connectivity index (χ2v) is 7.44. The van der Waals surface area contributed by atoms with Gasteiger partial charge < -0.3 is 19.3 Å². The molecule has 1 amide bonds. The van der Waals surface area contributed by atoms with Crippen molar-refractivity contribution in [2.45, 2.75) is 19.4 Å². The van der Waals surface area contributed by atoms with Crippen LogP contribution in [0.4, 0.5) is 5.69 Å². The van der Waals surface area contributed by atoms with Gasteiger partial charge in [0.05, 0.1) is 12.1 Å². The lowest BCUT2D eigenvalue weighted by Crippen LogP contribution is -2.52. The van der Waals surface area contributed by atoms with Crippen LogP contribution < -0.4 is 14.4 Å². The fraction of sp³-hybridized carbons (Fsp3) is 0.381. The minimum atomic E-state index is -0.580. The Kier molecular flexibility index (Phi) is 6.92. The van der Waals surface area contributed by atoms with Crippen LogP contribution >= 0.6 is 23.2 Å². The molecule has 1 heterocycles. The SMILES string of the molecule is CC[C@@H](Oc1cc(Cl)ccc1Cl)C(=O)N1CCN(c2ccc(OC)cc2)CC1. The van der Waals surface area contributed by atoms with Gasteiger partial charge in [-0.05, 0) is 42.8 Å². The molecule has 2 aromatic carbocycles. The van der Waals surface area contributed by atoms with Crippen LogP contribution in [-0.4, -0.2) is 50.2 Å². The molecule has 0 aromatic heterocycles. The largest absolute Gasteiger partial charge is 0.497 e. The smallest absolute Gasteiger partial charge is 0.263 e. The fourth-order valence-electron chi connectivity index (χ4n) is 3.21. The van der Waals surface area contributed by atoms with Gasteiger partial charge in [-0.3, -0.25) is 4.79 Å². The van der Waals surface area contributed by atoms with Gasteiger partial charge in [0.1, 0.15) is 11.5 Å². The number of methoxy groups -OCH3 is 1. The van der Waals surface area contributed by atoms with Gasteiger partial charge in [-0.15, -0.1) is 0 Å². The van der Waals surface area contributed by atoms with Gasteiger partial charge in [0.25, 0.3) is 5.91 Å². The first-order valence-corrected chi connectivity index (χ1v) is 10.1. The Hall–Kier alpha value is -2.11. The van der Waals surface area contributed by atoms with E-state index in [4.69, 9.17) is 32.7 Å². The molecule has 0 N–H and O–H groups in total. The van der Waals surface area contributed by atoms with Gasteiger partial charge in [-0.1, -0.05) is 30.1 Å². The molecule has 7 heteroatoms. The van der Waals surface area contributed by atoms with Gasteiger partial charge in [-0.25, -0.2) is 0 Å². The number of halogens is 2. The third-order valence-electron chi connectivity index (χ3n) is 4.84. The second-order valence-electron chi connectivity index (χ2n) is 6.60. The number of benzene rings is 2. The molecular formula is C21H24Cl2N2O3. The summed E-state index contributed by atoms with van der Waals surface area (Å²) in [6.07, 6.45) is -0.0242. The number of hydrogen-bond acceptors (Lipinski definition) is 4. The number of anilines is 1. The Morgan fingerprint density at radius 1 is 1.07 bits per heavy atom. The zero-order valence-corrected chi connectivity index (χ0v) is 17.5. The molecule has 0 unspecified atom stereocenters. The lowest BCUT2D eigenvalue weighted by atomic mass is 10.2. The second kappa shape index (κ2) is 9.39. The monoisotopic (exact) mass is 422 g/mol. The van der Waals surface area contributed by atoms with Gasteiger partial charge in [0.2, 0.25) is 0 Å².